The quantitative estimate of drug-likeness (QED) is 0.781. The maximum Gasteiger partial charge on any atom is 0.356 e. The Hall–Kier alpha value is -1.78. The van der Waals surface area contributed by atoms with E-state index in [4.69, 9.17) is 4.74 Å². The molecule has 0 aromatic carbocycles. The summed E-state index contributed by atoms with van der Waals surface area (Å²) >= 11 is 0. The van der Waals surface area contributed by atoms with Crippen molar-refractivity contribution in [2.24, 2.45) is 7.05 Å². The van der Waals surface area contributed by atoms with Crippen molar-refractivity contribution in [1.82, 2.24) is 14.0 Å². The van der Waals surface area contributed by atoms with E-state index in [0.29, 0.717) is 18.2 Å². The third kappa shape index (κ3) is 2.00. The van der Waals surface area contributed by atoms with Crippen molar-refractivity contribution in [2.75, 3.05) is 6.61 Å². The zero-order valence-corrected chi connectivity index (χ0v) is 11.3. The molecule has 0 radical (unpaired) electrons. The summed E-state index contributed by atoms with van der Waals surface area (Å²) in [5.41, 5.74) is 1.58. The van der Waals surface area contributed by atoms with E-state index in [1.165, 1.54) is 0 Å². The summed E-state index contributed by atoms with van der Waals surface area (Å²) in [6.45, 7) is 6.46. The molecule has 2 aromatic heterocycles. The van der Waals surface area contributed by atoms with Gasteiger partial charge in [0, 0.05) is 19.4 Å². The first-order valence-corrected chi connectivity index (χ1v) is 6.29. The lowest BCUT2D eigenvalue weighted by Crippen LogP contribution is -2.09. The van der Waals surface area contributed by atoms with Gasteiger partial charge in [0.1, 0.15) is 5.69 Å². The average Bonchev–Trinajstić information content (AvgIpc) is 2.89. The van der Waals surface area contributed by atoms with Crippen molar-refractivity contribution in [1.29, 1.82) is 0 Å². The van der Waals surface area contributed by atoms with Gasteiger partial charge in [-0.2, -0.15) is 0 Å². The molecule has 2 rings (SSSR count). The first-order valence-electron chi connectivity index (χ1n) is 6.29. The Bertz CT molecular complexity index is 568. The van der Waals surface area contributed by atoms with Crippen LogP contribution < -0.4 is 0 Å². The number of carbonyl (C=O) groups is 1. The molecule has 98 valence electrons. The highest BCUT2D eigenvalue weighted by molar-refractivity contribution is 5.88. The van der Waals surface area contributed by atoms with Gasteiger partial charge in [-0.3, -0.25) is 4.40 Å². The predicted molar refractivity (Wildman–Crippen MR) is 68.8 cm³/mol. The number of imidazole rings is 2. The van der Waals surface area contributed by atoms with E-state index in [1.807, 2.05) is 17.6 Å². The van der Waals surface area contributed by atoms with Crippen LogP contribution in [0.2, 0.25) is 0 Å². The number of aromatic nitrogens is 3. The van der Waals surface area contributed by atoms with Gasteiger partial charge in [0.25, 0.3) is 0 Å². The number of hydrogen-bond acceptors (Lipinski definition) is 3. The monoisotopic (exact) mass is 249 g/mol. The fourth-order valence-corrected chi connectivity index (χ4v) is 1.91. The summed E-state index contributed by atoms with van der Waals surface area (Å²) in [6.07, 6.45) is 4.80. The fourth-order valence-electron chi connectivity index (χ4n) is 1.91. The Morgan fingerprint density at radius 2 is 2.17 bits per heavy atom. The molecule has 2 heterocycles. The van der Waals surface area contributed by atoms with E-state index >= 15 is 0 Å². The molecule has 0 N–H and O–H groups in total. The number of aryl methyl sites for hydroxylation is 1. The topological polar surface area (TPSA) is 48.5 Å². The molecule has 0 amide bonds. The van der Waals surface area contributed by atoms with Gasteiger partial charge in [-0.05, 0) is 19.3 Å². The highest BCUT2D eigenvalue weighted by Crippen LogP contribution is 2.19. The van der Waals surface area contributed by atoms with Crippen molar-refractivity contribution in [3.05, 3.63) is 23.8 Å². The van der Waals surface area contributed by atoms with Gasteiger partial charge < -0.3 is 9.30 Å². The maximum atomic E-state index is 11.7. The lowest BCUT2D eigenvalue weighted by atomic mass is 10.1. The minimum absolute atomic E-state index is 0.310. The van der Waals surface area contributed by atoms with Crippen molar-refractivity contribution in [3.63, 3.8) is 0 Å². The van der Waals surface area contributed by atoms with Crippen LogP contribution in [-0.2, 0) is 11.8 Å². The van der Waals surface area contributed by atoms with Crippen LogP contribution in [0.5, 0.6) is 0 Å². The minimum atomic E-state index is -0.310. The van der Waals surface area contributed by atoms with Gasteiger partial charge in [0.2, 0.25) is 5.78 Å². The summed E-state index contributed by atoms with van der Waals surface area (Å²) in [5, 5.41) is 0. The molecule has 0 bridgehead atoms. The molecule has 1 atom stereocenters. The second-order valence-electron chi connectivity index (χ2n) is 4.48. The largest absolute Gasteiger partial charge is 0.461 e. The van der Waals surface area contributed by atoms with Gasteiger partial charge in [0.05, 0.1) is 12.3 Å². The van der Waals surface area contributed by atoms with Crippen molar-refractivity contribution in [3.8, 4) is 0 Å². The highest BCUT2D eigenvalue weighted by atomic mass is 16.5. The molecule has 2 aromatic rings. The van der Waals surface area contributed by atoms with Crippen LogP contribution in [0.1, 0.15) is 49.3 Å². The van der Waals surface area contributed by atoms with E-state index in [1.54, 1.807) is 17.7 Å². The minimum Gasteiger partial charge on any atom is -0.461 e. The summed E-state index contributed by atoms with van der Waals surface area (Å²) in [7, 11) is 1.83. The average molecular weight is 249 g/mol. The predicted octanol–water partition coefficient (Wildman–Crippen LogP) is 2.36. The zero-order chi connectivity index (χ0) is 13.3. The molecule has 0 aliphatic rings. The van der Waals surface area contributed by atoms with E-state index in [-0.39, 0.29) is 5.97 Å². The van der Waals surface area contributed by atoms with Gasteiger partial charge in [-0.25, -0.2) is 9.78 Å². The number of nitrogens with zero attached hydrogens (tertiary/aromatic N) is 3. The Morgan fingerprint density at radius 3 is 2.72 bits per heavy atom. The van der Waals surface area contributed by atoms with Gasteiger partial charge >= 0.3 is 5.97 Å². The van der Waals surface area contributed by atoms with Crippen LogP contribution in [0, 0.1) is 0 Å². The van der Waals surface area contributed by atoms with E-state index < -0.39 is 0 Å². The van der Waals surface area contributed by atoms with Crippen molar-refractivity contribution in [2.45, 2.75) is 33.1 Å². The lowest BCUT2D eigenvalue weighted by Gasteiger charge is -2.03. The molecule has 18 heavy (non-hydrogen) atoms. The summed E-state index contributed by atoms with van der Waals surface area (Å²) in [5.74, 6) is 0.889. The molecule has 0 saturated heterocycles. The maximum absolute atomic E-state index is 11.7. The summed E-state index contributed by atoms with van der Waals surface area (Å²) in [6, 6.07) is 0. The highest BCUT2D eigenvalue weighted by Gasteiger charge is 2.17. The Balaban J connectivity index is 2.41. The first-order chi connectivity index (χ1) is 8.58. The SMILES string of the molecule is CCOC(=O)c1cn2cc(C(C)CC)nc2n1C. The van der Waals surface area contributed by atoms with E-state index in [2.05, 4.69) is 18.8 Å². The normalized spacial score (nSPS) is 12.9. The smallest absolute Gasteiger partial charge is 0.356 e. The molecule has 1 unspecified atom stereocenters. The standard InChI is InChI=1S/C13H19N3O2/c1-5-9(3)10-7-16-8-11(12(17)18-6-2)15(4)13(16)14-10/h7-9H,5-6H2,1-4H3. The number of fused-ring (bicyclic) bond motifs is 1. The summed E-state index contributed by atoms with van der Waals surface area (Å²) < 4.78 is 8.66. The second-order valence-corrected chi connectivity index (χ2v) is 4.48. The molecule has 0 saturated carbocycles. The number of esters is 1. The van der Waals surface area contributed by atoms with Crippen LogP contribution in [0.4, 0.5) is 0 Å². The van der Waals surface area contributed by atoms with Crippen LogP contribution in [-0.4, -0.2) is 26.5 Å². The van der Waals surface area contributed by atoms with Gasteiger partial charge in [-0.1, -0.05) is 13.8 Å². The number of rotatable bonds is 4. The zero-order valence-electron chi connectivity index (χ0n) is 11.3. The third-order valence-corrected chi connectivity index (χ3v) is 3.26. The number of ether oxygens (including phenoxy) is 1. The third-order valence-electron chi connectivity index (χ3n) is 3.26. The second kappa shape index (κ2) is 4.84. The first kappa shape index (κ1) is 12.7. The molecule has 0 aliphatic heterocycles. The fraction of sp³-hybridized carbons (Fsp3) is 0.538. The van der Waals surface area contributed by atoms with Crippen molar-refractivity contribution < 1.29 is 9.53 Å². The Morgan fingerprint density at radius 1 is 1.44 bits per heavy atom. The van der Waals surface area contributed by atoms with E-state index in [9.17, 15) is 4.79 Å². The van der Waals surface area contributed by atoms with Crippen LogP contribution >= 0.6 is 0 Å². The number of hydrogen-bond donors (Lipinski definition) is 0. The molecule has 5 heteroatoms. The molecule has 5 nitrogen and oxygen atoms in total. The van der Waals surface area contributed by atoms with Crippen LogP contribution in [0.3, 0.4) is 0 Å². The molecule has 0 aliphatic carbocycles. The van der Waals surface area contributed by atoms with E-state index in [0.717, 1.165) is 17.9 Å². The number of carbonyl (C=O) groups excluding carboxylic acids is 1. The summed E-state index contributed by atoms with van der Waals surface area (Å²) in [4.78, 5) is 16.3. The van der Waals surface area contributed by atoms with Crippen LogP contribution in [0.15, 0.2) is 12.4 Å². The van der Waals surface area contributed by atoms with Crippen molar-refractivity contribution >= 4 is 11.7 Å². The Kier molecular flexibility index (Phi) is 3.41. The van der Waals surface area contributed by atoms with Gasteiger partial charge in [-0.15, -0.1) is 0 Å². The Labute approximate surface area is 106 Å². The molecule has 0 spiro atoms. The van der Waals surface area contributed by atoms with Gasteiger partial charge in [0.15, 0.2) is 0 Å². The molecular weight excluding hydrogens is 230 g/mol. The molecule has 0 fully saturated rings. The van der Waals surface area contributed by atoms with Crippen LogP contribution in [0.25, 0.3) is 5.78 Å². The molecular formula is C13H19N3O2. The lowest BCUT2D eigenvalue weighted by molar-refractivity contribution is 0.0515.